The van der Waals surface area contributed by atoms with Crippen LogP contribution < -0.4 is 5.32 Å². The van der Waals surface area contributed by atoms with E-state index in [1.807, 2.05) is 0 Å². The Labute approximate surface area is 102 Å². The van der Waals surface area contributed by atoms with Gasteiger partial charge < -0.3 is 9.84 Å². The van der Waals surface area contributed by atoms with Crippen LogP contribution in [0.25, 0.3) is 0 Å². The van der Waals surface area contributed by atoms with Gasteiger partial charge in [0.1, 0.15) is 5.76 Å². The number of halogens is 1. The van der Waals surface area contributed by atoms with E-state index >= 15 is 0 Å². The summed E-state index contributed by atoms with van der Waals surface area (Å²) in [5, 5.41) is 17.0. The van der Waals surface area contributed by atoms with Crippen LogP contribution in [0, 0.1) is 15.9 Å². The van der Waals surface area contributed by atoms with E-state index < -0.39 is 16.4 Å². The number of nitrogens with zero attached hydrogens (tertiary/aromatic N) is 2. The van der Waals surface area contributed by atoms with Crippen molar-refractivity contribution < 1.29 is 13.8 Å². The maximum atomic E-state index is 13.3. The largest absolute Gasteiger partial charge is 0.360 e. The van der Waals surface area contributed by atoms with Crippen LogP contribution in [0.5, 0.6) is 0 Å². The molecule has 6 nitrogen and oxygen atoms in total. The van der Waals surface area contributed by atoms with E-state index in [-0.39, 0.29) is 0 Å². The lowest BCUT2D eigenvalue weighted by Gasteiger charge is -2.03. The maximum absolute atomic E-state index is 13.3. The van der Waals surface area contributed by atoms with Crippen molar-refractivity contribution in [1.29, 1.82) is 0 Å². The molecule has 0 fully saturated rings. The molecule has 18 heavy (non-hydrogen) atoms. The van der Waals surface area contributed by atoms with Crippen LogP contribution in [0.2, 0.25) is 0 Å². The molecule has 0 spiro atoms. The number of benzene rings is 1. The summed E-state index contributed by atoms with van der Waals surface area (Å²) < 4.78 is 18.2. The Morgan fingerprint density at radius 1 is 1.39 bits per heavy atom. The monoisotopic (exact) mass is 251 g/mol. The minimum atomic E-state index is -0.834. The lowest BCUT2D eigenvalue weighted by molar-refractivity contribution is -0.387. The lowest BCUT2D eigenvalue weighted by Crippen LogP contribution is -2.12. The van der Waals surface area contributed by atoms with Gasteiger partial charge in [-0.3, -0.25) is 10.1 Å². The van der Waals surface area contributed by atoms with Crippen LogP contribution in [0.3, 0.4) is 0 Å². The molecule has 0 radical (unpaired) electrons. The minimum Gasteiger partial charge on any atom is -0.360 e. The fourth-order valence-electron chi connectivity index (χ4n) is 1.47. The molecule has 94 valence electrons. The Morgan fingerprint density at radius 2 is 2.22 bits per heavy atom. The average Bonchev–Trinajstić information content (AvgIpc) is 2.81. The molecule has 0 amide bonds. The highest BCUT2D eigenvalue weighted by atomic mass is 19.1. The third-order valence-corrected chi connectivity index (χ3v) is 2.33. The van der Waals surface area contributed by atoms with Gasteiger partial charge in [-0.15, -0.1) is 0 Å². The molecule has 0 unspecified atom stereocenters. The lowest BCUT2D eigenvalue weighted by atomic mass is 10.2. The second kappa shape index (κ2) is 5.37. The Bertz CT molecular complexity index is 542. The maximum Gasteiger partial charge on any atom is 0.304 e. The second-order valence-corrected chi connectivity index (χ2v) is 3.63. The smallest absolute Gasteiger partial charge is 0.304 e. The summed E-state index contributed by atoms with van der Waals surface area (Å²) in [4.78, 5) is 9.68. The average molecular weight is 251 g/mol. The first-order valence-corrected chi connectivity index (χ1v) is 5.20. The summed E-state index contributed by atoms with van der Waals surface area (Å²) in [5.41, 5.74) is 0.103. The van der Waals surface area contributed by atoms with Crippen molar-refractivity contribution in [1.82, 2.24) is 10.5 Å². The van der Waals surface area contributed by atoms with Crippen LogP contribution in [0.15, 0.2) is 35.0 Å². The highest BCUT2D eigenvalue weighted by Gasteiger charge is 2.13. The molecule has 2 aromatic rings. The molecule has 0 atom stereocenters. The predicted octanol–water partition coefficient (Wildman–Crippen LogP) is 2.01. The number of aromatic nitrogens is 1. The first kappa shape index (κ1) is 12.2. The summed E-state index contributed by atoms with van der Waals surface area (Å²) in [7, 11) is 0. The molecule has 1 aromatic carbocycles. The first-order chi connectivity index (χ1) is 8.66. The van der Waals surface area contributed by atoms with E-state index in [0.717, 1.165) is 12.1 Å². The normalized spacial score (nSPS) is 10.5. The Balaban J connectivity index is 1.94. The minimum absolute atomic E-state index is 0.385. The standard InChI is InChI=1S/C11H10FN3O3/c12-10-5-8(1-2-11(10)15(16)17)6-13-7-9-3-4-14-18-9/h1-5,13H,6-7H2. The molecular weight excluding hydrogens is 241 g/mol. The number of hydrogen-bond acceptors (Lipinski definition) is 5. The van der Waals surface area contributed by atoms with E-state index in [1.165, 1.54) is 12.3 Å². The molecule has 1 N–H and O–H groups in total. The zero-order chi connectivity index (χ0) is 13.0. The van der Waals surface area contributed by atoms with Gasteiger partial charge in [-0.05, 0) is 11.6 Å². The third kappa shape index (κ3) is 2.89. The molecule has 1 aromatic heterocycles. The van der Waals surface area contributed by atoms with Gasteiger partial charge in [0.2, 0.25) is 5.82 Å². The van der Waals surface area contributed by atoms with Crippen LogP contribution in [-0.4, -0.2) is 10.1 Å². The van der Waals surface area contributed by atoms with Gasteiger partial charge in [-0.25, -0.2) is 0 Å². The highest BCUT2D eigenvalue weighted by molar-refractivity contribution is 5.34. The number of nitro benzene ring substituents is 1. The van der Waals surface area contributed by atoms with Gasteiger partial charge in [0, 0.05) is 18.7 Å². The van der Waals surface area contributed by atoms with Crippen molar-refractivity contribution in [3.05, 3.63) is 57.7 Å². The molecular formula is C11H10FN3O3. The summed E-state index contributed by atoms with van der Waals surface area (Å²) in [6, 6.07) is 5.52. The van der Waals surface area contributed by atoms with Crippen LogP contribution in [-0.2, 0) is 13.1 Å². The SMILES string of the molecule is O=[N+]([O-])c1ccc(CNCc2ccno2)cc1F. The van der Waals surface area contributed by atoms with Crippen LogP contribution in [0.4, 0.5) is 10.1 Å². The fraction of sp³-hybridized carbons (Fsp3) is 0.182. The van der Waals surface area contributed by atoms with E-state index in [4.69, 9.17) is 4.52 Å². The van der Waals surface area contributed by atoms with Gasteiger partial charge in [-0.1, -0.05) is 11.2 Å². The third-order valence-electron chi connectivity index (χ3n) is 2.33. The van der Waals surface area contributed by atoms with Crippen molar-refractivity contribution in [3.8, 4) is 0 Å². The zero-order valence-corrected chi connectivity index (χ0v) is 9.30. The number of nitro groups is 1. The summed E-state index contributed by atoms with van der Waals surface area (Å²) in [6.45, 7) is 0.841. The van der Waals surface area contributed by atoms with Crippen molar-refractivity contribution >= 4 is 5.69 Å². The molecule has 0 bridgehead atoms. The Morgan fingerprint density at radius 3 is 2.83 bits per heavy atom. The summed E-state index contributed by atoms with van der Waals surface area (Å²) in [5.74, 6) is -0.170. The van der Waals surface area contributed by atoms with Gasteiger partial charge >= 0.3 is 5.69 Å². The Hall–Kier alpha value is -2.28. The summed E-state index contributed by atoms with van der Waals surface area (Å²) >= 11 is 0. The first-order valence-electron chi connectivity index (χ1n) is 5.20. The van der Waals surface area contributed by atoms with Gasteiger partial charge in [-0.2, -0.15) is 4.39 Å². The zero-order valence-electron chi connectivity index (χ0n) is 9.30. The number of rotatable bonds is 5. The second-order valence-electron chi connectivity index (χ2n) is 3.63. The molecule has 0 aliphatic rings. The van der Waals surface area contributed by atoms with Gasteiger partial charge in [0.25, 0.3) is 0 Å². The van der Waals surface area contributed by atoms with Crippen LogP contribution >= 0.6 is 0 Å². The number of hydrogen-bond donors (Lipinski definition) is 1. The van der Waals surface area contributed by atoms with Crippen molar-refractivity contribution in [2.75, 3.05) is 0 Å². The molecule has 0 aliphatic heterocycles. The van der Waals surface area contributed by atoms with E-state index in [2.05, 4.69) is 10.5 Å². The fourth-order valence-corrected chi connectivity index (χ4v) is 1.47. The molecule has 7 heteroatoms. The Kier molecular flexibility index (Phi) is 3.63. The number of nitrogens with one attached hydrogen (secondary N) is 1. The van der Waals surface area contributed by atoms with Crippen molar-refractivity contribution in [2.24, 2.45) is 0 Å². The predicted molar refractivity (Wildman–Crippen MR) is 60.1 cm³/mol. The molecule has 1 heterocycles. The van der Waals surface area contributed by atoms with Crippen molar-refractivity contribution in [2.45, 2.75) is 13.1 Å². The molecule has 2 rings (SSSR count). The molecule has 0 saturated heterocycles. The quantitative estimate of drug-likeness (QED) is 0.649. The van der Waals surface area contributed by atoms with Gasteiger partial charge in [0.15, 0.2) is 0 Å². The van der Waals surface area contributed by atoms with E-state index in [1.54, 1.807) is 6.07 Å². The molecule has 0 aliphatic carbocycles. The van der Waals surface area contributed by atoms with Crippen LogP contribution in [0.1, 0.15) is 11.3 Å². The highest BCUT2D eigenvalue weighted by Crippen LogP contribution is 2.17. The van der Waals surface area contributed by atoms with E-state index in [9.17, 15) is 14.5 Å². The molecule has 0 saturated carbocycles. The van der Waals surface area contributed by atoms with Crippen molar-refractivity contribution in [3.63, 3.8) is 0 Å². The summed E-state index contributed by atoms with van der Waals surface area (Å²) in [6.07, 6.45) is 1.53. The van der Waals surface area contributed by atoms with E-state index in [0.29, 0.717) is 24.4 Å². The van der Waals surface area contributed by atoms with Gasteiger partial charge in [0.05, 0.1) is 17.7 Å². The topological polar surface area (TPSA) is 81.2 Å².